The first-order valence-electron chi connectivity index (χ1n) is 6.58. The summed E-state index contributed by atoms with van der Waals surface area (Å²) in [5.41, 5.74) is -0.500. The molecule has 1 rings (SSSR count). The van der Waals surface area contributed by atoms with E-state index >= 15 is 0 Å². The predicted octanol–water partition coefficient (Wildman–Crippen LogP) is 2.19. The molecule has 0 saturated carbocycles. The molecule has 2 N–H and O–H groups in total. The first kappa shape index (κ1) is 8.76. The van der Waals surface area contributed by atoms with Crippen molar-refractivity contribution in [2.75, 3.05) is 0 Å². The number of carboxylic acid groups (broad SMARTS) is 1. The molecule has 1 aromatic rings. The van der Waals surface area contributed by atoms with Gasteiger partial charge >= 0.3 is 5.97 Å². The standard InChI is InChI=1S/C13H18O3/c1-9(12(14)15)11-6-4-10(5-7-11)8-13(2,3)16/h4-7,9,16H,8H2,1-3H3,(H,14,15)/i2+1D3. The number of aliphatic carboxylic acids is 1. The zero-order chi connectivity index (χ0) is 14.8. The second kappa shape index (κ2) is 4.66. The summed E-state index contributed by atoms with van der Waals surface area (Å²) in [6.07, 6.45) is -0.00870. The second-order valence-corrected chi connectivity index (χ2v) is 4.25. The molecule has 3 nitrogen and oxygen atoms in total. The van der Waals surface area contributed by atoms with Crippen LogP contribution in [0.25, 0.3) is 0 Å². The molecule has 0 aromatic heterocycles. The fourth-order valence-electron chi connectivity index (χ4n) is 1.46. The van der Waals surface area contributed by atoms with Crippen molar-refractivity contribution in [3.8, 4) is 0 Å². The van der Waals surface area contributed by atoms with E-state index in [0.717, 1.165) is 0 Å². The molecule has 0 aliphatic rings. The lowest BCUT2D eigenvalue weighted by Gasteiger charge is -2.17. The molecule has 0 aliphatic heterocycles. The van der Waals surface area contributed by atoms with Crippen molar-refractivity contribution in [2.24, 2.45) is 0 Å². The fourth-order valence-corrected chi connectivity index (χ4v) is 1.46. The van der Waals surface area contributed by atoms with Gasteiger partial charge in [0.1, 0.15) is 0 Å². The SMILES string of the molecule is [2H][13C]([2H])([2H])C(C)(O)Cc1ccc(C(C)C(=O)O)cc1. The van der Waals surface area contributed by atoms with Crippen LogP contribution in [0.15, 0.2) is 24.3 Å². The summed E-state index contributed by atoms with van der Waals surface area (Å²) in [5, 5.41) is 18.8. The van der Waals surface area contributed by atoms with E-state index in [0.29, 0.717) is 11.1 Å². The highest BCUT2D eigenvalue weighted by Gasteiger charge is 2.15. The Labute approximate surface area is 100.0 Å². The number of benzene rings is 1. The minimum Gasteiger partial charge on any atom is -0.481 e. The molecule has 3 heteroatoms. The molecule has 2 unspecified atom stereocenters. The Morgan fingerprint density at radius 3 is 2.50 bits per heavy atom. The van der Waals surface area contributed by atoms with Crippen molar-refractivity contribution in [1.29, 1.82) is 0 Å². The second-order valence-electron chi connectivity index (χ2n) is 4.25. The summed E-state index contributed by atoms with van der Waals surface area (Å²) in [6.45, 7) is 0.393. The number of rotatable bonds is 4. The molecule has 0 bridgehead atoms. The Morgan fingerprint density at radius 2 is 2.06 bits per heavy atom. The summed E-state index contributed by atoms with van der Waals surface area (Å²) in [6, 6.07) is 6.58. The minimum absolute atomic E-state index is 0.00870. The van der Waals surface area contributed by atoms with Gasteiger partial charge in [-0.15, -0.1) is 0 Å². The molecule has 0 fully saturated rings. The molecule has 0 spiro atoms. The molecular weight excluding hydrogens is 205 g/mol. The maximum atomic E-state index is 10.8. The third-order valence-electron chi connectivity index (χ3n) is 2.40. The lowest BCUT2D eigenvalue weighted by atomic mass is 9.97. The molecule has 0 amide bonds. The van der Waals surface area contributed by atoms with Gasteiger partial charge in [-0.25, -0.2) is 0 Å². The smallest absolute Gasteiger partial charge is 0.310 e. The Balaban J connectivity index is 2.86. The van der Waals surface area contributed by atoms with Crippen molar-refractivity contribution in [2.45, 2.75) is 38.6 Å². The van der Waals surface area contributed by atoms with E-state index in [4.69, 9.17) is 9.22 Å². The van der Waals surface area contributed by atoms with Gasteiger partial charge in [0.2, 0.25) is 0 Å². The van der Waals surface area contributed by atoms with Crippen molar-refractivity contribution >= 4 is 5.97 Å². The van der Waals surface area contributed by atoms with E-state index in [2.05, 4.69) is 0 Å². The summed E-state index contributed by atoms with van der Waals surface area (Å²) in [5.74, 6) is -1.53. The van der Waals surface area contributed by atoms with Crippen LogP contribution in [-0.2, 0) is 11.2 Å². The van der Waals surface area contributed by atoms with E-state index in [9.17, 15) is 9.90 Å². The zero-order valence-corrected chi connectivity index (χ0v) is 9.40. The molecule has 0 aliphatic carbocycles. The van der Waals surface area contributed by atoms with Gasteiger partial charge in [-0.2, -0.15) is 0 Å². The Morgan fingerprint density at radius 1 is 1.50 bits per heavy atom. The topological polar surface area (TPSA) is 57.5 Å². The summed E-state index contributed by atoms with van der Waals surface area (Å²) in [4.78, 5) is 10.8. The van der Waals surface area contributed by atoms with Crippen LogP contribution in [0.1, 0.15) is 41.9 Å². The molecule has 0 heterocycles. The van der Waals surface area contributed by atoms with Crippen LogP contribution >= 0.6 is 0 Å². The average molecular weight is 226 g/mol. The summed E-state index contributed by atoms with van der Waals surface area (Å²) in [7, 11) is 0. The van der Waals surface area contributed by atoms with Crippen molar-refractivity contribution in [3.05, 3.63) is 35.4 Å². The van der Waals surface area contributed by atoms with E-state index in [1.165, 1.54) is 6.92 Å². The molecule has 1 aromatic carbocycles. The van der Waals surface area contributed by atoms with E-state index in [1.54, 1.807) is 31.2 Å². The lowest BCUT2D eigenvalue weighted by molar-refractivity contribution is -0.138. The number of hydrogen-bond donors (Lipinski definition) is 2. The van der Waals surface area contributed by atoms with Gasteiger partial charge < -0.3 is 10.2 Å². The summed E-state index contributed by atoms with van der Waals surface area (Å²) < 4.78 is 21.8. The van der Waals surface area contributed by atoms with Crippen LogP contribution in [-0.4, -0.2) is 21.8 Å². The van der Waals surface area contributed by atoms with Crippen LogP contribution in [0.5, 0.6) is 0 Å². The van der Waals surface area contributed by atoms with Gasteiger partial charge in [0.15, 0.2) is 0 Å². The van der Waals surface area contributed by atoms with Gasteiger partial charge in [0, 0.05) is 10.5 Å². The van der Waals surface area contributed by atoms with Crippen molar-refractivity contribution in [3.63, 3.8) is 0 Å². The number of carboxylic acids is 1. The molecular formula is C13H18O3. The third kappa shape index (κ3) is 3.66. The summed E-state index contributed by atoms with van der Waals surface area (Å²) >= 11 is 0. The molecule has 88 valence electrons. The molecule has 0 saturated heterocycles. The zero-order valence-electron chi connectivity index (χ0n) is 12.4. The Bertz CT molecular complexity index is 449. The maximum absolute atomic E-state index is 10.8. The van der Waals surface area contributed by atoms with Crippen molar-refractivity contribution in [1.82, 2.24) is 0 Å². The van der Waals surface area contributed by atoms with E-state index < -0.39 is 24.3 Å². The molecule has 16 heavy (non-hydrogen) atoms. The number of aliphatic hydroxyl groups is 1. The Hall–Kier alpha value is -1.35. The van der Waals surface area contributed by atoms with Gasteiger partial charge in [-0.1, -0.05) is 24.3 Å². The normalized spacial score (nSPS) is 20.1. The number of carbonyl (C=O) groups is 1. The maximum Gasteiger partial charge on any atom is 0.310 e. The predicted molar refractivity (Wildman–Crippen MR) is 62.5 cm³/mol. The highest BCUT2D eigenvalue weighted by Crippen LogP contribution is 2.18. The van der Waals surface area contributed by atoms with Crippen LogP contribution in [0.3, 0.4) is 0 Å². The lowest BCUT2D eigenvalue weighted by Crippen LogP contribution is -2.21. The Kier molecular flexibility index (Phi) is 2.55. The van der Waals surface area contributed by atoms with Gasteiger partial charge in [-0.05, 0) is 31.8 Å². The third-order valence-corrected chi connectivity index (χ3v) is 2.40. The average Bonchev–Trinajstić information content (AvgIpc) is 2.27. The number of hydrogen-bond acceptors (Lipinski definition) is 2. The van der Waals surface area contributed by atoms with Crippen LogP contribution in [0.2, 0.25) is 0 Å². The highest BCUT2D eigenvalue weighted by atomic mass is 16.4. The molecule has 2 atom stereocenters. The highest BCUT2D eigenvalue weighted by molar-refractivity contribution is 5.75. The van der Waals surface area contributed by atoms with Gasteiger partial charge in [-0.3, -0.25) is 4.79 Å². The van der Waals surface area contributed by atoms with Crippen LogP contribution in [0.4, 0.5) is 0 Å². The fraction of sp³-hybridized carbons (Fsp3) is 0.462. The van der Waals surface area contributed by atoms with Crippen LogP contribution < -0.4 is 0 Å². The van der Waals surface area contributed by atoms with Gasteiger partial charge in [0.05, 0.1) is 11.5 Å². The molecule has 0 radical (unpaired) electrons. The first-order chi connectivity index (χ1) is 8.54. The van der Waals surface area contributed by atoms with Gasteiger partial charge in [0.25, 0.3) is 0 Å². The monoisotopic (exact) mass is 226 g/mol. The van der Waals surface area contributed by atoms with Crippen molar-refractivity contribution < 1.29 is 19.1 Å². The van der Waals surface area contributed by atoms with E-state index in [1.807, 2.05) is 0 Å². The van der Waals surface area contributed by atoms with E-state index in [-0.39, 0.29) is 6.42 Å². The minimum atomic E-state index is -2.46. The first-order valence-corrected chi connectivity index (χ1v) is 5.08. The largest absolute Gasteiger partial charge is 0.481 e. The quantitative estimate of drug-likeness (QED) is 0.774. The van der Waals surface area contributed by atoms with Crippen LogP contribution in [0, 0.1) is 0 Å².